The smallest absolute Gasteiger partial charge is 0.128 e. The molecule has 1 atom stereocenters. The number of pyridine rings is 1. The lowest BCUT2D eigenvalue weighted by atomic mass is 10.0. The summed E-state index contributed by atoms with van der Waals surface area (Å²) in [4.78, 5) is 4.48. The molecule has 1 aromatic heterocycles. The summed E-state index contributed by atoms with van der Waals surface area (Å²) in [6, 6.07) is 0. The summed E-state index contributed by atoms with van der Waals surface area (Å²) in [6.45, 7) is 8.37. The molecule has 0 radical (unpaired) electrons. The topological polar surface area (TPSA) is 22.1 Å². The predicted octanol–water partition coefficient (Wildman–Crippen LogP) is 3.90. The van der Waals surface area contributed by atoms with Crippen LogP contribution in [0, 0.1) is 19.8 Å². The van der Waals surface area contributed by atoms with Gasteiger partial charge in [0.25, 0.3) is 0 Å². The zero-order valence-corrected chi connectivity index (χ0v) is 12.1. The highest BCUT2D eigenvalue weighted by atomic mass is 35.5. The van der Waals surface area contributed by atoms with Crippen molar-refractivity contribution in [2.75, 3.05) is 7.11 Å². The normalized spacial score (nSPS) is 12.9. The van der Waals surface area contributed by atoms with Crippen molar-refractivity contribution in [1.82, 2.24) is 4.98 Å². The summed E-state index contributed by atoms with van der Waals surface area (Å²) >= 11 is 6.26. The minimum atomic E-state index is 0.212. The lowest BCUT2D eigenvalue weighted by molar-refractivity contribution is 0.406. The lowest BCUT2D eigenvalue weighted by Gasteiger charge is -2.15. The molecule has 0 aliphatic heterocycles. The van der Waals surface area contributed by atoms with Crippen molar-refractivity contribution in [3.05, 3.63) is 23.0 Å². The van der Waals surface area contributed by atoms with Crippen LogP contribution in [0.2, 0.25) is 0 Å². The second-order valence-corrected chi connectivity index (χ2v) is 5.41. The van der Waals surface area contributed by atoms with Gasteiger partial charge in [-0.1, -0.05) is 13.8 Å². The molecular weight excluding hydrogens is 234 g/mol. The number of ether oxygens (including phenoxy) is 1. The van der Waals surface area contributed by atoms with Crippen LogP contribution in [-0.2, 0) is 6.42 Å². The van der Waals surface area contributed by atoms with Crippen molar-refractivity contribution in [2.45, 2.75) is 45.9 Å². The molecule has 0 aliphatic rings. The van der Waals surface area contributed by atoms with Crippen molar-refractivity contribution in [3.63, 3.8) is 0 Å². The Morgan fingerprint density at radius 1 is 1.35 bits per heavy atom. The standard InChI is InChI=1S/C14H22ClNO/c1-9(2)12(15)6-7-13-11(4)14(17-5)10(3)8-16-13/h8-9,12H,6-7H2,1-5H3. The minimum Gasteiger partial charge on any atom is -0.496 e. The third kappa shape index (κ3) is 3.60. The highest BCUT2D eigenvalue weighted by Gasteiger charge is 2.13. The molecule has 0 spiro atoms. The number of nitrogens with zero attached hydrogens (tertiary/aromatic N) is 1. The number of hydrogen-bond donors (Lipinski definition) is 0. The zero-order valence-electron chi connectivity index (χ0n) is 11.4. The van der Waals surface area contributed by atoms with Crippen molar-refractivity contribution in [2.24, 2.45) is 5.92 Å². The van der Waals surface area contributed by atoms with E-state index in [4.69, 9.17) is 16.3 Å². The molecule has 1 unspecified atom stereocenters. The summed E-state index contributed by atoms with van der Waals surface area (Å²) in [5, 5.41) is 0.212. The van der Waals surface area contributed by atoms with Crippen LogP contribution in [0.5, 0.6) is 5.75 Å². The molecule has 0 aliphatic carbocycles. The van der Waals surface area contributed by atoms with E-state index < -0.39 is 0 Å². The van der Waals surface area contributed by atoms with Crippen molar-refractivity contribution < 1.29 is 4.74 Å². The largest absolute Gasteiger partial charge is 0.496 e. The van der Waals surface area contributed by atoms with Crippen LogP contribution >= 0.6 is 11.6 Å². The van der Waals surface area contributed by atoms with Gasteiger partial charge in [0.1, 0.15) is 5.75 Å². The fourth-order valence-electron chi connectivity index (χ4n) is 1.93. The molecule has 0 N–H and O–H groups in total. The first-order valence-electron chi connectivity index (χ1n) is 6.10. The molecule has 1 rings (SSSR count). The first-order chi connectivity index (χ1) is 7.97. The highest BCUT2D eigenvalue weighted by molar-refractivity contribution is 6.20. The molecule has 17 heavy (non-hydrogen) atoms. The summed E-state index contributed by atoms with van der Waals surface area (Å²) in [7, 11) is 1.71. The molecule has 3 heteroatoms. The molecule has 1 heterocycles. The van der Waals surface area contributed by atoms with Gasteiger partial charge in [-0.3, -0.25) is 4.98 Å². The van der Waals surface area contributed by atoms with E-state index in [2.05, 4.69) is 25.8 Å². The zero-order chi connectivity index (χ0) is 13.0. The maximum Gasteiger partial charge on any atom is 0.128 e. The van der Waals surface area contributed by atoms with E-state index >= 15 is 0 Å². The Bertz CT molecular complexity index is 377. The van der Waals surface area contributed by atoms with Crippen LogP contribution in [-0.4, -0.2) is 17.5 Å². The molecule has 2 nitrogen and oxygen atoms in total. The molecule has 1 aromatic rings. The third-order valence-electron chi connectivity index (χ3n) is 3.13. The van der Waals surface area contributed by atoms with E-state index in [1.165, 1.54) is 0 Å². The second kappa shape index (κ2) is 6.25. The fourth-order valence-corrected chi connectivity index (χ4v) is 2.04. The van der Waals surface area contributed by atoms with Crippen molar-refractivity contribution >= 4 is 11.6 Å². The third-order valence-corrected chi connectivity index (χ3v) is 3.85. The Labute approximate surface area is 109 Å². The molecule has 96 valence electrons. The second-order valence-electron chi connectivity index (χ2n) is 4.84. The Morgan fingerprint density at radius 3 is 2.53 bits per heavy atom. The Hall–Kier alpha value is -0.760. The maximum atomic E-state index is 6.26. The molecule has 0 saturated heterocycles. The van der Waals surface area contributed by atoms with Gasteiger partial charge in [-0.2, -0.15) is 0 Å². The number of aromatic nitrogens is 1. The molecule has 0 fully saturated rings. The summed E-state index contributed by atoms with van der Waals surface area (Å²) in [5.41, 5.74) is 3.32. The van der Waals surface area contributed by atoms with Gasteiger partial charge in [-0.15, -0.1) is 11.6 Å². The number of halogens is 1. The molecule has 0 saturated carbocycles. The summed E-state index contributed by atoms with van der Waals surface area (Å²) in [5.74, 6) is 1.45. The van der Waals surface area contributed by atoms with Gasteiger partial charge in [0.05, 0.1) is 7.11 Å². The number of hydrogen-bond acceptors (Lipinski definition) is 2. The van der Waals surface area contributed by atoms with Gasteiger partial charge < -0.3 is 4.74 Å². The van der Waals surface area contributed by atoms with E-state index in [1.54, 1.807) is 7.11 Å². The Morgan fingerprint density at radius 2 is 2.00 bits per heavy atom. The van der Waals surface area contributed by atoms with E-state index in [9.17, 15) is 0 Å². The monoisotopic (exact) mass is 255 g/mol. The molecular formula is C14H22ClNO. The first-order valence-corrected chi connectivity index (χ1v) is 6.54. The molecule has 0 aromatic carbocycles. The van der Waals surface area contributed by atoms with Gasteiger partial charge in [-0.25, -0.2) is 0 Å². The average molecular weight is 256 g/mol. The first kappa shape index (κ1) is 14.3. The SMILES string of the molecule is COc1c(C)cnc(CCC(Cl)C(C)C)c1C. The lowest BCUT2D eigenvalue weighted by Crippen LogP contribution is -2.10. The van der Waals surface area contributed by atoms with Gasteiger partial charge >= 0.3 is 0 Å². The number of rotatable bonds is 5. The summed E-state index contributed by atoms with van der Waals surface area (Å²) in [6.07, 6.45) is 3.74. The van der Waals surface area contributed by atoms with Crippen LogP contribution in [0.3, 0.4) is 0 Å². The highest BCUT2D eigenvalue weighted by Crippen LogP contribution is 2.26. The number of methoxy groups -OCH3 is 1. The molecule has 0 bridgehead atoms. The Balaban J connectivity index is 2.79. The predicted molar refractivity (Wildman–Crippen MR) is 73.1 cm³/mol. The van der Waals surface area contributed by atoms with Crippen LogP contribution in [0.25, 0.3) is 0 Å². The van der Waals surface area contributed by atoms with Crippen molar-refractivity contribution in [3.8, 4) is 5.75 Å². The van der Waals surface area contributed by atoms with E-state index in [1.807, 2.05) is 13.1 Å². The van der Waals surface area contributed by atoms with E-state index in [-0.39, 0.29) is 5.38 Å². The summed E-state index contributed by atoms with van der Waals surface area (Å²) < 4.78 is 5.40. The van der Waals surface area contributed by atoms with Crippen LogP contribution in [0.1, 0.15) is 37.1 Å². The van der Waals surface area contributed by atoms with Crippen molar-refractivity contribution in [1.29, 1.82) is 0 Å². The van der Waals surface area contributed by atoms with E-state index in [0.29, 0.717) is 5.92 Å². The van der Waals surface area contributed by atoms with E-state index in [0.717, 1.165) is 35.4 Å². The number of alkyl halides is 1. The average Bonchev–Trinajstić information content (AvgIpc) is 2.28. The maximum absolute atomic E-state index is 6.26. The Kier molecular flexibility index (Phi) is 5.26. The fraction of sp³-hybridized carbons (Fsp3) is 0.643. The quantitative estimate of drug-likeness (QED) is 0.745. The van der Waals surface area contributed by atoms with Gasteiger partial charge in [0, 0.05) is 28.4 Å². The van der Waals surface area contributed by atoms with Gasteiger partial charge in [0.15, 0.2) is 0 Å². The minimum absolute atomic E-state index is 0.212. The van der Waals surface area contributed by atoms with Gasteiger partial charge in [0.2, 0.25) is 0 Å². The van der Waals surface area contributed by atoms with Crippen LogP contribution in [0.4, 0.5) is 0 Å². The van der Waals surface area contributed by atoms with Crippen LogP contribution < -0.4 is 4.74 Å². The molecule has 0 amide bonds. The van der Waals surface area contributed by atoms with Gasteiger partial charge in [-0.05, 0) is 32.6 Å². The number of aryl methyl sites for hydroxylation is 2. The van der Waals surface area contributed by atoms with Crippen LogP contribution in [0.15, 0.2) is 6.20 Å².